The molecule has 1 aromatic carbocycles. The number of nitrogens with zero attached hydrogens (tertiary/aromatic N) is 4. The predicted molar refractivity (Wildman–Crippen MR) is 129 cm³/mol. The number of thiazole rings is 1. The summed E-state index contributed by atoms with van der Waals surface area (Å²) in [7, 11) is 0. The van der Waals surface area contributed by atoms with Gasteiger partial charge in [-0.3, -0.25) is 14.7 Å². The van der Waals surface area contributed by atoms with Crippen LogP contribution in [-0.4, -0.2) is 26.8 Å². The van der Waals surface area contributed by atoms with Gasteiger partial charge in [0.05, 0.1) is 17.6 Å². The third kappa shape index (κ3) is 5.26. The van der Waals surface area contributed by atoms with Crippen molar-refractivity contribution < 1.29 is 19.1 Å². The largest absolute Gasteiger partial charge is 0.455 e. The fraction of sp³-hybridized carbons (Fsp3) is 0.160. The molecule has 1 amide bonds. The lowest BCUT2D eigenvalue weighted by Gasteiger charge is -2.19. The van der Waals surface area contributed by atoms with Crippen LogP contribution in [0.15, 0.2) is 66.4 Å². The first-order valence-electron chi connectivity index (χ1n) is 10.4. The molecule has 0 fully saturated rings. The van der Waals surface area contributed by atoms with Crippen molar-refractivity contribution in [2.24, 2.45) is 0 Å². The van der Waals surface area contributed by atoms with E-state index < -0.39 is 5.97 Å². The Kier molecular flexibility index (Phi) is 6.93. The quantitative estimate of drug-likeness (QED) is 0.332. The number of pyridine rings is 2. The molecule has 0 saturated carbocycles. The van der Waals surface area contributed by atoms with E-state index >= 15 is 0 Å². The molecule has 34 heavy (non-hydrogen) atoms. The number of benzene rings is 1. The SMILES string of the molecule is CC(=O)N(c1ccc(C)c(C)c1)c1nc(COC(=O)c2cccnc2Oc2cccnc2)cs1. The Hall–Kier alpha value is -4.11. The van der Waals surface area contributed by atoms with Gasteiger partial charge in [0, 0.05) is 24.7 Å². The molecule has 0 spiro atoms. The zero-order valence-corrected chi connectivity index (χ0v) is 19.7. The highest BCUT2D eigenvalue weighted by Gasteiger charge is 2.20. The maximum atomic E-state index is 12.7. The predicted octanol–water partition coefficient (Wildman–Crippen LogP) is 5.38. The number of carbonyl (C=O) groups excluding carboxylic acids is 2. The number of hydrogen-bond acceptors (Lipinski definition) is 8. The molecule has 4 aromatic rings. The van der Waals surface area contributed by atoms with Gasteiger partial charge in [0.2, 0.25) is 11.8 Å². The monoisotopic (exact) mass is 474 g/mol. The molecule has 0 N–H and O–H groups in total. The minimum absolute atomic E-state index is 0.0603. The van der Waals surface area contributed by atoms with Crippen LogP contribution in [0.25, 0.3) is 0 Å². The molecule has 0 saturated heterocycles. The van der Waals surface area contributed by atoms with E-state index in [0.29, 0.717) is 16.6 Å². The summed E-state index contributed by atoms with van der Waals surface area (Å²) in [4.78, 5) is 39.3. The first-order valence-corrected chi connectivity index (χ1v) is 11.3. The highest BCUT2D eigenvalue weighted by Crippen LogP contribution is 2.30. The molecule has 0 unspecified atom stereocenters. The molecule has 0 atom stereocenters. The summed E-state index contributed by atoms with van der Waals surface area (Å²) in [6.45, 7) is 5.44. The van der Waals surface area contributed by atoms with Gasteiger partial charge >= 0.3 is 5.97 Å². The fourth-order valence-corrected chi connectivity index (χ4v) is 3.99. The molecule has 0 radical (unpaired) electrons. The number of carbonyl (C=O) groups is 2. The van der Waals surface area contributed by atoms with Crippen LogP contribution >= 0.6 is 11.3 Å². The van der Waals surface area contributed by atoms with Gasteiger partial charge in [0.25, 0.3) is 0 Å². The minimum Gasteiger partial charge on any atom is -0.455 e. The maximum absolute atomic E-state index is 12.7. The number of aromatic nitrogens is 3. The molecular formula is C25H22N4O4S. The first kappa shape index (κ1) is 23.1. The van der Waals surface area contributed by atoms with E-state index in [2.05, 4.69) is 15.0 Å². The summed E-state index contributed by atoms with van der Waals surface area (Å²) in [5.74, 6) is -0.181. The van der Waals surface area contributed by atoms with Gasteiger partial charge in [-0.25, -0.2) is 14.8 Å². The third-order valence-electron chi connectivity index (χ3n) is 4.99. The first-order chi connectivity index (χ1) is 16.4. The molecule has 0 bridgehead atoms. The average molecular weight is 475 g/mol. The zero-order chi connectivity index (χ0) is 24.1. The van der Waals surface area contributed by atoms with Crippen molar-refractivity contribution in [1.29, 1.82) is 0 Å². The standard InChI is InChI=1S/C25H22N4O4S/c1-16-8-9-20(12-17(16)2)29(18(3)30)25-28-19(15-34-25)14-32-24(31)22-7-5-11-27-23(22)33-21-6-4-10-26-13-21/h4-13,15H,14H2,1-3H3. The van der Waals surface area contributed by atoms with Crippen LogP contribution in [0.5, 0.6) is 11.6 Å². The van der Waals surface area contributed by atoms with Gasteiger partial charge in [-0.05, 0) is 61.4 Å². The molecule has 3 heterocycles. The van der Waals surface area contributed by atoms with Crippen LogP contribution in [0.2, 0.25) is 0 Å². The molecule has 172 valence electrons. The fourth-order valence-electron chi connectivity index (χ4n) is 3.12. The second kappa shape index (κ2) is 10.2. The summed E-state index contributed by atoms with van der Waals surface area (Å²) in [5.41, 5.74) is 3.67. The minimum atomic E-state index is -0.598. The van der Waals surface area contributed by atoms with Crippen LogP contribution in [0.1, 0.15) is 34.1 Å². The molecule has 9 heteroatoms. The van der Waals surface area contributed by atoms with E-state index in [9.17, 15) is 9.59 Å². The molecule has 0 aliphatic heterocycles. The number of rotatable bonds is 7. The summed E-state index contributed by atoms with van der Waals surface area (Å²) in [5, 5.41) is 2.26. The van der Waals surface area contributed by atoms with Gasteiger partial charge in [0.15, 0.2) is 5.13 Å². The van der Waals surface area contributed by atoms with Crippen LogP contribution < -0.4 is 9.64 Å². The third-order valence-corrected chi connectivity index (χ3v) is 5.86. The maximum Gasteiger partial charge on any atom is 0.344 e. The van der Waals surface area contributed by atoms with Gasteiger partial charge < -0.3 is 9.47 Å². The Morgan fingerprint density at radius 3 is 2.62 bits per heavy atom. The van der Waals surface area contributed by atoms with Gasteiger partial charge in [-0.1, -0.05) is 6.07 Å². The van der Waals surface area contributed by atoms with Crippen molar-refractivity contribution in [3.05, 3.63) is 88.8 Å². The molecule has 0 aliphatic rings. The second-order valence-electron chi connectivity index (χ2n) is 7.47. The zero-order valence-electron chi connectivity index (χ0n) is 18.9. The number of aryl methyl sites for hydroxylation is 2. The van der Waals surface area contributed by atoms with Crippen molar-refractivity contribution in [1.82, 2.24) is 15.0 Å². The van der Waals surface area contributed by atoms with E-state index in [1.54, 1.807) is 40.7 Å². The Labute approximate surface area is 200 Å². The van der Waals surface area contributed by atoms with Gasteiger partial charge in [0.1, 0.15) is 17.9 Å². The number of hydrogen-bond donors (Lipinski definition) is 0. The number of amides is 1. The highest BCUT2D eigenvalue weighted by atomic mass is 32.1. The van der Waals surface area contributed by atoms with Crippen LogP contribution in [0.3, 0.4) is 0 Å². The molecule has 8 nitrogen and oxygen atoms in total. The highest BCUT2D eigenvalue weighted by molar-refractivity contribution is 7.14. The van der Waals surface area contributed by atoms with E-state index in [4.69, 9.17) is 9.47 Å². The van der Waals surface area contributed by atoms with E-state index in [1.165, 1.54) is 30.7 Å². The topological polar surface area (TPSA) is 94.5 Å². The van der Waals surface area contributed by atoms with E-state index in [0.717, 1.165) is 16.8 Å². The molecule has 3 aromatic heterocycles. The Balaban J connectivity index is 1.47. The summed E-state index contributed by atoms with van der Waals surface area (Å²) in [6, 6.07) is 12.4. The van der Waals surface area contributed by atoms with E-state index in [1.807, 2.05) is 32.0 Å². The molecular weight excluding hydrogens is 452 g/mol. The van der Waals surface area contributed by atoms with Gasteiger partial charge in [-0.15, -0.1) is 11.3 Å². The van der Waals surface area contributed by atoms with Crippen molar-refractivity contribution in [2.45, 2.75) is 27.4 Å². The Morgan fingerprint density at radius 2 is 1.88 bits per heavy atom. The number of esters is 1. The van der Waals surface area contributed by atoms with Gasteiger partial charge in [-0.2, -0.15) is 0 Å². The smallest absolute Gasteiger partial charge is 0.344 e. The Bertz CT molecular complexity index is 1320. The number of ether oxygens (including phenoxy) is 2. The lowest BCUT2D eigenvalue weighted by molar-refractivity contribution is -0.115. The van der Waals surface area contributed by atoms with Crippen molar-refractivity contribution in [3.63, 3.8) is 0 Å². The lowest BCUT2D eigenvalue weighted by atomic mass is 10.1. The van der Waals surface area contributed by atoms with Crippen molar-refractivity contribution in [2.75, 3.05) is 4.90 Å². The van der Waals surface area contributed by atoms with Crippen molar-refractivity contribution >= 4 is 34.0 Å². The summed E-state index contributed by atoms with van der Waals surface area (Å²) in [6.07, 6.45) is 4.67. The summed E-state index contributed by atoms with van der Waals surface area (Å²) < 4.78 is 11.1. The summed E-state index contributed by atoms with van der Waals surface area (Å²) >= 11 is 1.30. The van der Waals surface area contributed by atoms with Crippen LogP contribution in [0.4, 0.5) is 10.8 Å². The Morgan fingerprint density at radius 1 is 1.06 bits per heavy atom. The number of anilines is 2. The molecule has 0 aliphatic carbocycles. The second-order valence-corrected chi connectivity index (χ2v) is 8.30. The van der Waals surface area contributed by atoms with Crippen LogP contribution in [0, 0.1) is 13.8 Å². The molecule has 4 rings (SSSR count). The average Bonchev–Trinajstić information content (AvgIpc) is 3.29. The van der Waals surface area contributed by atoms with Crippen LogP contribution in [-0.2, 0) is 16.1 Å². The van der Waals surface area contributed by atoms with E-state index in [-0.39, 0.29) is 24.0 Å². The normalized spacial score (nSPS) is 10.6. The van der Waals surface area contributed by atoms with Crippen molar-refractivity contribution in [3.8, 4) is 11.6 Å². The lowest BCUT2D eigenvalue weighted by Crippen LogP contribution is -2.22.